The highest BCUT2D eigenvalue weighted by atomic mass is 19.4. The third-order valence-electron chi connectivity index (χ3n) is 8.79. The Kier molecular flexibility index (Phi) is 8.78. The lowest BCUT2D eigenvalue weighted by molar-refractivity contribution is -0.143. The Hall–Kier alpha value is -2.75. The predicted molar refractivity (Wildman–Crippen MR) is 140 cm³/mol. The van der Waals surface area contributed by atoms with E-state index in [2.05, 4.69) is 22.3 Å². The highest BCUT2D eigenvalue weighted by Gasteiger charge is 2.49. The summed E-state index contributed by atoms with van der Waals surface area (Å²) in [6, 6.07) is 9.75. The second-order valence-electron chi connectivity index (χ2n) is 11.4. The molecule has 2 aromatic carbocycles. The van der Waals surface area contributed by atoms with E-state index in [1.807, 2.05) is 26.0 Å². The van der Waals surface area contributed by atoms with Gasteiger partial charge in [0.15, 0.2) is 0 Å². The molecule has 4 rings (SSSR count). The highest BCUT2D eigenvalue weighted by Crippen LogP contribution is 2.47. The zero-order chi connectivity index (χ0) is 29.3. The maximum atomic E-state index is 13.5. The minimum atomic E-state index is -4.93. The molecule has 0 aromatic heterocycles. The van der Waals surface area contributed by atoms with Gasteiger partial charge in [-0.1, -0.05) is 26.0 Å². The van der Waals surface area contributed by atoms with E-state index in [0.717, 1.165) is 38.1 Å². The molecule has 0 bridgehead atoms. The normalized spacial score (nSPS) is 23.0. The molecular formula is C30H36F6N2O2. The maximum Gasteiger partial charge on any atom is 0.416 e. The molecule has 2 atom stereocenters. The first kappa shape index (κ1) is 30.2. The Morgan fingerprint density at radius 1 is 1.00 bits per heavy atom. The first-order chi connectivity index (χ1) is 18.7. The molecule has 1 aliphatic heterocycles. The molecule has 2 aromatic rings. The summed E-state index contributed by atoms with van der Waals surface area (Å²) in [6.07, 6.45) is -5.85. The van der Waals surface area contributed by atoms with Gasteiger partial charge in [-0.3, -0.25) is 4.79 Å². The van der Waals surface area contributed by atoms with Gasteiger partial charge in [-0.15, -0.1) is 0 Å². The topological polar surface area (TPSA) is 41.6 Å². The van der Waals surface area contributed by atoms with Crippen molar-refractivity contribution in [2.45, 2.75) is 76.8 Å². The molecule has 1 N–H and O–H groups in total. The SMILES string of the molecule is COc1cccc(C2CCN([C@@H]3CC[C@@](C(=O)NCc4cc(C(F)(F)F)cc(C(F)(F)F)c4)(C(C)C)C3)CC2)c1. The van der Waals surface area contributed by atoms with Crippen molar-refractivity contribution in [3.05, 3.63) is 64.7 Å². The second kappa shape index (κ2) is 11.6. The maximum absolute atomic E-state index is 13.5. The summed E-state index contributed by atoms with van der Waals surface area (Å²) in [5, 5.41) is 2.68. The molecule has 0 radical (unpaired) electrons. The van der Waals surface area contributed by atoms with Crippen molar-refractivity contribution in [1.29, 1.82) is 0 Å². The van der Waals surface area contributed by atoms with Gasteiger partial charge >= 0.3 is 12.4 Å². The van der Waals surface area contributed by atoms with E-state index in [9.17, 15) is 31.1 Å². The number of benzene rings is 2. The fraction of sp³-hybridized carbons (Fsp3) is 0.567. The van der Waals surface area contributed by atoms with E-state index in [1.54, 1.807) is 7.11 Å². The quantitative estimate of drug-likeness (QED) is 0.352. The standard InChI is InChI=1S/C30H36F6N2O2/c1-19(2)28(27(39)37-18-20-13-23(29(31,32)33)16-24(14-20)30(34,35)36)10-7-25(17-28)38-11-8-21(9-12-38)22-5-4-6-26(15-22)40-3/h4-6,13-16,19,21,25H,7-12,17-18H2,1-3H3,(H,37,39)/t25-,28+/m1/s1. The van der Waals surface area contributed by atoms with Crippen molar-refractivity contribution < 1.29 is 35.9 Å². The van der Waals surface area contributed by atoms with Crippen LogP contribution >= 0.6 is 0 Å². The van der Waals surface area contributed by atoms with Crippen LogP contribution in [0.3, 0.4) is 0 Å². The van der Waals surface area contributed by atoms with Crippen molar-refractivity contribution in [2.75, 3.05) is 20.2 Å². The minimum absolute atomic E-state index is 0.0425. The van der Waals surface area contributed by atoms with Crippen LogP contribution in [-0.4, -0.2) is 37.0 Å². The van der Waals surface area contributed by atoms with Crippen LogP contribution in [0.4, 0.5) is 26.3 Å². The Labute approximate surface area is 231 Å². The molecule has 2 aliphatic rings. The number of methoxy groups -OCH3 is 1. The summed E-state index contributed by atoms with van der Waals surface area (Å²) in [7, 11) is 1.65. The van der Waals surface area contributed by atoms with E-state index < -0.39 is 35.4 Å². The molecule has 10 heteroatoms. The Morgan fingerprint density at radius 2 is 1.62 bits per heavy atom. The fourth-order valence-corrected chi connectivity index (χ4v) is 6.33. The number of nitrogens with zero attached hydrogens (tertiary/aromatic N) is 1. The molecule has 220 valence electrons. The van der Waals surface area contributed by atoms with Gasteiger partial charge in [0.05, 0.1) is 23.7 Å². The highest BCUT2D eigenvalue weighted by molar-refractivity contribution is 5.83. The zero-order valence-corrected chi connectivity index (χ0v) is 23.0. The number of nitrogens with one attached hydrogen (secondary N) is 1. The summed E-state index contributed by atoms with van der Waals surface area (Å²) in [4.78, 5) is 15.9. The molecule has 1 heterocycles. The van der Waals surface area contributed by atoms with Gasteiger partial charge in [-0.25, -0.2) is 0 Å². The zero-order valence-electron chi connectivity index (χ0n) is 23.0. The van der Waals surface area contributed by atoms with Crippen LogP contribution < -0.4 is 10.1 Å². The molecule has 2 fully saturated rings. The smallest absolute Gasteiger partial charge is 0.416 e. The minimum Gasteiger partial charge on any atom is -0.497 e. The van der Waals surface area contributed by atoms with Crippen LogP contribution in [0.1, 0.15) is 74.1 Å². The van der Waals surface area contributed by atoms with Gasteiger partial charge in [0.25, 0.3) is 0 Å². The van der Waals surface area contributed by atoms with Crippen LogP contribution in [-0.2, 0) is 23.7 Å². The van der Waals surface area contributed by atoms with Gasteiger partial charge in [-0.2, -0.15) is 26.3 Å². The van der Waals surface area contributed by atoms with Crippen LogP contribution in [0.5, 0.6) is 5.75 Å². The summed E-state index contributed by atoms with van der Waals surface area (Å²) in [6.45, 7) is 5.28. The van der Waals surface area contributed by atoms with Gasteiger partial charge in [0.2, 0.25) is 5.91 Å². The molecular weight excluding hydrogens is 534 g/mol. The molecule has 40 heavy (non-hydrogen) atoms. The van der Waals surface area contributed by atoms with Crippen molar-refractivity contribution in [1.82, 2.24) is 10.2 Å². The van der Waals surface area contributed by atoms with E-state index in [4.69, 9.17) is 4.74 Å². The van der Waals surface area contributed by atoms with E-state index >= 15 is 0 Å². The monoisotopic (exact) mass is 570 g/mol. The number of halogens is 6. The molecule has 1 amide bonds. The number of hydrogen-bond donors (Lipinski definition) is 1. The number of amides is 1. The molecule has 1 saturated carbocycles. The van der Waals surface area contributed by atoms with Crippen molar-refractivity contribution >= 4 is 5.91 Å². The Balaban J connectivity index is 1.41. The molecule has 0 spiro atoms. The third-order valence-corrected chi connectivity index (χ3v) is 8.79. The van der Waals surface area contributed by atoms with Crippen LogP contribution in [0.2, 0.25) is 0 Å². The summed E-state index contributed by atoms with van der Waals surface area (Å²) < 4.78 is 84.9. The van der Waals surface area contributed by atoms with Gasteiger partial charge in [0.1, 0.15) is 5.75 Å². The largest absolute Gasteiger partial charge is 0.497 e. The van der Waals surface area contributed by atoms with E-state index in [-0.39, 0.29) is 29.5 Å². The summed E-state index contributed by atoms with van der Waals surface area (Å²) in [5.41, 5.74) is -2.48. The summed E-state index contributed by atoms with van der Waals surface area (Å²) >= 11 is 0. The Morgan fingerprint density at radius 3 is 2.17 bits per heavy atom. The lowest BCUT2D eigenvalue weighted by atomic mass is 9.74. The number of alkyl halides is 6. The first-order valence-electron chi connectivity index (χ1n) is 13.7. The lowest BCUT2D eigenvalue weighted by Crippen LogP contribution is -2.45. The number of likely N-dealkylation sites (tertiary alicyclic amines) is 1. The lowest BCUT2D eigenvalue weighted by Gasteiger charge is -2.38. The number of ether oxygens (including phenoxy) is 1. The van der Waals surface area contributed by atoms with Crippen LogP contribution in [0.15, 0.2) is 42.5 Å². The average Bonchev–Trinajstić information content (AvgIpc) is 3.38. The van der Waals surface area contributed by atoms with Gasteiger partial charge < -0.3 is 15.0 Å². The first-order valence-corrected chi connectivity index (χ1v) is 13.7. The molecule has 1 saturated heterocycles. The van der Waals surface area contributed by atoms with Crippen molar-refractivity contribution in [3.8, 4) is 5.75 Å². The van der Waals surface area contributed by atoms with Gasteiger partial charge in [0, 0.05) is 12.6 Å². The predicted octanol–water partition coefficient (Wildman–Crippen LogP) is 7.42. The number of piperidine rings is 1. The number of hydrogen-bond acceptors (Lipinski definition) is 3. The summed E-state index contributed by atoms with van der Waals surface area (Å²) in [5.74, 6) is 0.907. The fourth-order valence-electron chi connectivity index (χ4n) is 6.33. The average molecular weight is 571 g/mol. The second-order valence-corrected chi connectivity index (χ2v) is 11.4. The number of rotatable bonds is 7. The van der Waals surface area contributed by atoms with Crippen LogP contribution in [0, 0.1) is 11.3 Å². The van der Waals surface area contributed by atoms with Crippen molar-refractivity contribution in [2.24, 2.45) is 11.3 Å². The Bertz CT molecular complexity index is 1160. The number of carbonyl (C=O) groups excluding carboxylic acids is 1. The molecule has 4 nitrogen and oxygen atoms in total. The van der Waals surface area contributed by atoms with E-state index in [0.29, 0.717) is 30.9 Å². The molecule has 0 unspecified atom stereocenters. The van der Waals surface area contributed by atoms with Crippen molar-refractivity contribution in [3.63, 3.8) is 0 Å². The molecule has 1 aliphatic carbocycles. The van der Waals surface area contributed by atoms with Crippen LogP contribution in [0.25, 0.3) is 0 Å². The van der Waals surface area contributed by atoms with E-state index in [1.165, 1.54) is 5.56 Å². The van der Waals surface area contributed by atoms with Gasteiger partial charge in [-0.05, 0) is 98.5 Å². The third kappa shape index (κ3) is 6.58. The number of carbonyl (C=O) groups is 1.